The number of nitrogens with one attached hydrogen (secondary N) is 2. The first-order valence-corrected chi connectivity index (χ1v) is 6.40. The number of amides is 2. The molecule has 1 aromatic carbocycles. The summed E-state index contributed by atoms with van der Waals surface area (Å²) in [5, 5.41) is 5.16. The molecule has 6 nitrogen and oxygen atoms in total. The van der Waals surface area contributed by atoms with Gasteiger partial charge in [0.15, 0.2) is 0 Å². The predicted molar refractivity (Wildman–Crippen MR) is 79.6 cm³/mol. The average Bonchev–Trinajstić information content (AvgIpc) is 2.42. The zero-order valence-electron chi connectivity index (χ0n) is 10.7. The molecule has 108 valence electrons. The number of hydrogen-bond donors (Lipinski definition) is 3. The van der Waals surface area contributed by atoms with Crippen LogP contribution in [0.4, 0.5) is 0 Å². The van der Waals surface area contributed by atoms with E-state index in [0.29, 0.717) is 16.3 Å². The van der Waals surface area contributed by atoms with Crippen LogP contribution >= 0.6 is 23.8 Å². The van der Waals surface area contributed by atoms with E-state index in [9.17, 15) is 9.59 Å². The van der Waals surface area contributed by atoms with E-state index in [1.54, 1.807) is 18.2 Å². The maximum absolute atomic E-state index is 11.5. The molecule has 0 saturated heterocycles. The van der Waals surface area contributed by atoms with Crippen LogP contribution in [0.25, 0.3) is 0 Å². The molecule has 0 aliphatic heterocycles. The zero-order chi connectivity index (χ0) is 15.1. The van der Waals surface area contributed by atoms with Crippen molar-refractivity contribution in [2.45, 2.75) is 6.54 Å². The fourth-order valence-electron chi connectivity index (χ4n) is 1.40. The summed E-state index contributed by atoms with van der Waals surface area (Å²) in [6.45, 7) is 0.0408. The van der Waals surface area contributed by atoms with Gasteiger partial charge in [0.25, 0.3) is 0 Å². The minimum absolute atomic E-state index is 0.0308. The average molecular weight is 316 g/mol. The highest BCUT2D eigenvalue weighted by Crippen LogP contribution is 2.25. The Morgan fingerprint density at radius 2 is 2.00 bits per heavy atom. The lowest BCUT2D eigenvalue weighted by Crippen LogP contribution is -2.42. The molecule has 0 aliphatic carbocycles. The van der Waals surface area contributed by atoms with Crippen LogP contribution in [-0.4, -0.2) is 30.5 Å². The van der Waals surface area contributed by atoms with Gasteiger partial charge in [0, 0.05) is 17.1 Å². The number of hydrogen-bond acceptors (Lipinski definition) is 4. The van der Waals surface area contributed by atoms with Crippen molar-refractivity contribution in [2.24, 2.45) is 5.73 Å². The molecule has 4 N–H and O–H groups in total. The van der Waals surface area contributed by atoms with Crippen molar-refractivity contribution < 1.29 is 14.3 Å². The van der Waals surface area contributed by atoms with Crippen molar-refractivity contribution in [1.29, 1.82) is 0 Å². The first-order valence-electron chi connectivity index (χ1n) is 5.61. The normalized spacial score (nSPS) is 9.70. The molecule has 0 saturated carbocycles. The number of halogens is 1. The molecule has 1 aromatic rings. The van der Waals surface area contributed by atoms with Crippen molar-refractivity contribution >= 4 is 40.6 Å². The largest absolute Gasteiger partial charge is 0.496 e. The maximum atomic E-state index is 11.5. The first kappa shape index (κ1) is 16.2. The standard InChI is InChI=1S/C12H14ClN3O3S/c1-19-9-4-2-3-8(13)7(9)5-15-11(17)12(18)16-6-10(14)20/h2-4H,5-6H2,1H3,(H2,14,20)(H,15,17)(H,16,18). The van der Waals surface area contributed by atoms with Crippen LogP contribution in [0.5, 0.6) is 5.75 Å². The Morgan fingerprint density at radius 1 is 1.35 bits per heavy atom. The number of rotatable bonds is 5. The molecule has 8 heteroatoms. The molecule has 0 bridgehead atoms. The third-order valence-electron chi connectivity index (χ3n) is 2.35. The smallest absolute Gasteiger partial charge is 0.309 e. The number of ether oxygens (including phenoxy) is 1. The van der Waals surface area contributed by atoms with Crippen LogP contribution in [0.3, 0.4) is 0 Å². The summed E-state index contributed by atoms with van der Waals surface area (Å²) >= 11 is 10.6. The summed E-state index contributed by atoms with van der Waals surface area (Å²) in [6, 6.07) is 5.10. The molecule has 0 heterocycles. The van der Waals surface area contributed by atoms with Crippen LogP contribution in [0, 0.1) is 0 Å². The quantitative estimate of drug-likeness (QED) is 0.539. The molecule has 0 unspecified atom stereocenters. The summed E-state index contributed by atoms with van der Waals surface area (Å²) in [5.74, 6) is -1.09. The Balaban J connectivity index is 2.61. The second-order valence-electron chi connectivity index (χ2n) is 3.75. The summed E-state index contributed by atoms with van der Waals surface area (Å²) < 4.78 is 5.13. The number of methoxy groups -OCH3 is 1. The van der Waals surface area contributed by atoms with Crippen LogP contribution in [-0.2, 0) is 16.1 Å². The molecule has 0 radical (unpaired) electrons. The van der Waals surface area contributed by atoms with Gasteiger partial charge < -0.3 is 21.1 Å². The monoisotopic (exact) mass is 315 g/mol. The third-order valence-corrected chi connectivity index (χ3v) is 2.85. The number of carbonyl (C=O) groups excluding carboxylic acids is 2. The Morgan fingerprint density at radius 3 is 2.60 bits per heavy atom. The van der Waals surface area contributed by atoms with Crippen LogP contribution in [0.1, 0.15) is 5.56 Å². The fourth-order valence-corrected chi connectivity index (χ4v) is 1.70. The number of carbonyl (C=O) groups is 2. The molecule has 20 heavy (non-hydrogen) atoms. The van der Waals surface area contributed by atoms with E-state index in [1.807, 2.05) is 0 Å². The molecule has 0 aliphatic rings. The molecule has 2 amide bonds. The molecule has 1 rings (SSSR count). The molecule has 0 atom stereocenters. The van der Waals surface area contributed by atoms with Gasteiger partial charge in [0.2, 0.25) is 0 Å². The molecule has 0 spiro atoms. The van der Waals surface area contributed by atoms with Crippen LogP contribution in [0.2, 0.25) is 5.02 Å². The third kappa shape index (κ3) is 4.67. The fraction of sp³-hybridized carbons (Fsp3) is 0.250. The lowest BCUT2D eigenvalue weighted by molar-refractivity contribution is -0.139. The van der Waals surface area contributed by atoms with E-state index >= 15 is 0 Å². The topological polar surface area (TPSA) is 93.4 Å². The minimum Gasteiger partial charge on any atom is -0.496 e. The Hall–Kier alpha value is -1.86. The van der Waals surface area contributed by atoms with E-state index in [0.717, 1.165) is 0 Å². The second-order valence-corrected chi connectivity index (χ2v) is 4.68. The Labute approximate surface area is 126 Å². The Kier molecular flexibility index (Phi) is 6.20. The van der Waals surface area contributed by atoms with Gasteiger partial charge in [-0.05, 0) is 12.1 Å². The van der Waals surface area contributed by atoms with Crippen molar-refractivity contribution in [2.75, 3.05) is 13.7 Å². The summed E-state index contributed by atoms with van der Waals surface area (Å²) in [7, 11) is 1.49. The summed E-state index contributed by atoms with van der Waals surface area (Å²) in [4.78, 5) is 23.1. The number of benzene rings is 1. The highest BCUT2D eigenvalue weighted by Gasteiger charge is 2.15. The van der Waals surface area contributed by atoms with Gasteiger partial charge in [0.05, 0.1) is 18.6 Å². The Bertz CT molecular complexity index is 537. The highest BCUT2D eigenvalue weighted by atomic mass is 35.5. The minimum atomic E-state index is -0.816. The molecule has 0 aromatic heterocycles. The maximum Gasteiger partial charge on any atom is 0.309 e. The van der Waals surface area contributed by atoms with Gasteiger partial charge in [0.1, 0.15) is 5.75 Å². The van der Waals surface area contributed by atoms with E-state index in [4.69, 9.17) is 22.1 Å². The van der Waals surface area contributed by atoms with Crippen molar-refractivity contribution in [1.82, 2.24) is 10.6 Å². The number of thiocarbonyl (C=S) groups is 1. The SMILES string of the molecule is COc1cccc(Cl)c1CNC(=O)C(=O)NCC(N)=S. The lowest BCUT2D eigenvalue weighted by atomic mass is 10.2. The van der Waals surface area contributed by atoms with Crippen molar-refractivity contribution in [3.05, 3.63) is 28.8 Å². The number of nitrogens with two attached hydrogens (primary N) is 1. The van der Waals surface area contributed by atoms with Crippen LogP contribution < -0.4 is 21.1 Å². The lowest BCUT2D eigenvalue weighted by Gasteiger charge is -2.11. The van der Waals surface area contributed by atoms with Gasteiger partial charge in [-0.25, -0.2) is 0 Å². The summed E-state index contributed by atoms with van der Waals surface area (Å²) in [6.07, 6.45) is 0. The summed E-state index contributed by atoms with van der Waals surface area (Å²) in [5.41, 5.74) is 5.80. The molecular formula is C12H14ClN3O3S. The van der Waals surface area contributed by atoms with Crippen molar-refractivity contribution in [3.63, 3.8) is 0 Å². The van der Waals surface area contributed by atoms with Crippen LogP contribution in [0.15, 0.2) is 18.2 Å². The highest BCUT2D eigenvalue weighted by molar-refractivity contribution is 7.80. The van der Waals surface area contributed by atoms with E-state index in [2.05, 4.69) is 22.9 Å². The first-order chi connectivity index (χ1) is 9.45. The van der Waals surface area contributed by atoms with Gasteiger partial charge in [-0.1, -0.05) is 29.9 Å². The van der Waals surface area contributed by atoms with Gasteiger partial charge >= 0.3 is 11.8 Å². The zero-order valence-corrected chi connectivity index (χ0v) is 12.3. The van der Waals surface area contributed by atoms with Gasteiger partial charge in [-0.3, -0.25) is 9.59 Å². The van der Waals surface area contributed by atoms with Gasteiger partial charge in [-0.15, -0.1) is 0 Å². The molecule has 0 fully saturated rings. The van der Waals surface area contributed by atoms with E-state index < -0.39 is 11.8 Å². The van der Waals surface area contributed by atoms with E-state index in [-0.39, 0.29) is 18.1 Å². The van der Waals surface area contributed by atoms with Crippen molar-refractivity contribution in [3.8, 4) is 5.75 Å². The van der Waals surface area contributed by atoms with E-state index in [1.165, 1.54) is 7.11 Å². The second kappa shape index (κ2) is 7.66. The predicted octanol–water partition coefficient (Wildman–Crippen LogP) is 0.367. The molecular weight excluding hydrogens is 302 g/mol. The van der Waals surface area contributed by atoms with Gasteiger partial charge in [-0.2, -0.15) is 0 Å².